The Morgan fingerprint density at radius 1 is 0.867 bits per heavy atom. The van der Waals surface area contributed by atoms with Gasteiger partial charge in [0.2, 0.25) is 0 Å². The molecule has 4 aromatic rings. The summed E-state index contributed by atoms with van der Waals surface area (Å²) in [4.78, 5) is 4.50. The molecule has 0 N–H and O–H groups in total. The van der Waals surface area contributed by atoms with Crippen LogP contribution in [-0.2, 0) is 6.61 Å². The van der Waals surface area contributed by atoms with E-state index in [-0.39, 0.29) is 0 Å². The van der Waals surface area contributed by atoms with E-state index in [4.69, 9.17) is 21.1 Å². The molecule has 0 spiro atoms. The molecule has 0 aromatic heterocycles. The molecule has 0 saturated carbocycles. The fourth-order valence-electron chi connectivity index (χ4n) is 3.23. The van der Waals surface area contributed by atoms with Crippen LogP contribution in [0.2, 0.25) is 5.02 Å². The molecule has 4 aromatic carbocycles. The van der Waals surface area contributed by atoms with E-state index in [2.05, 4.69) is 29.3 Å². The van der Waals surface area contributed by atoms with Gasteiger partial charge in [-0.05, 0) is 71.3 Å². The van der Waals surface area contributed by atoms with Gasteiger partial charge in [-0.3, -0.25) is 4.99 Å². The SMILES string of the molecule is CCOc1ccc(N=Cc2ccc(OCc3cccc4ccccc34)c(Cl)c2)cc1. The molecule has 0 fully saturated rings. The molecule has 4 heteroatoms. The first kappa shape index (κ1) is 20.0. The summed E-state index contributed by atoms with van der Waals surface area (Å²) in [5.74, 6) is 1.50. The first-order valence-electron chi connectivity index (χ1n) is 9.89. The highest BCUT2D eigenvalue weighted by atomic mass is 35.5. The maximum absolute atomic E-state index is 6.45. The zero-order chi connectivity index (χ0) is 20.8. The molecule has 0 aliphatic heterocycles. The Morgan fingerprint density at radius 2 is 1.67 bits per heavy atom. The summed E-state index contributed by atoms with van der Waals surface area (Å²) in [6.45, 7) is 3.07. The smallest absolute Gasteiger partial charge is 0.138 e. The minimum atomic E-state index is 0.459. The topological polar surface area (TPSA) is 30.8 Å². The van der Waals surface area contributed by atoms with Crippen LogP contribution in [0.1, 0.15) is 18.1 Å². The fraction of sp³-hybridized carbons (Fsp3) is 0.115. The first-order chi connectivity index (χ1) is 14.7. The van der Waals surface area contributed by atoms with Crippen molar-refractivity contribution in [1.29, 1.82) is 0 Å². The number of hydrogen-bond acceptors (Lipinski definition) is 3. The second-order valence-electron chi connectivity index (χ2n) is 6.80. The van der Waals surface area contributed by atoms with Gasteiger partial charge in [0, 0.05) is 6.21 Å². The van der Waals surface area contributed by atoms with E-state index in [1.54, 1.807) is 6.21 Å². The molecule has 0 atom stereocenters. The lowest BCUT2D eigenvalue weighted by molar-refractivity contribution is 0.308. The van der Waals surface area contributed by atoms with E-state index in [9.17, 15) is 0 Å². The summed E-state index contributed by atoms with van der Waals surface area (Å²) >= 11 is 6.45. The van der Waals surface area contributed by atoms with Gasteiger partial charge in [0.15, 0.2) is 0 Å². The van der Waals surface area contributed by atoms with Crippen LogP contribution in [-0.4, -0.2) is 12.8 Å². The van der Waals surface area contributed by atoms with E-state index in [0.717, 1.165) is 22.6 Å². The minimum absolute atomic E-state index is 0.459. The molecule has 0 saturated heterocycles. The monoisotopic (exact) mass is 415 g/mol. The van der Waals surface area contributed by atoms with Crippen molar-refractivity contribution in [3.63, 3.8) is 0 Å². The van der Waals surface area contributed by atoms with Crippen molar-refractivity contribution in [2.24, 2.45) is 4.99 Å². The Balaban J connectivity index is 1.44. The predicted octanol–water partition coefficient (Wildman–Crippen LogP) is 7.22. The normalized spacial score (nSPS) is 11.1. The van der Waals surface area contributed by atoms with Gasteiger partial charge in [0.05, 0.1) is 17.3 Å². The molecule has 150 valence electrons. The van der Waals surface area contributed by atoms with Gasteiger partial charge in [-0.25, -0.2) is 0 Å². The largest absolute Gasteiger partial charge is 0.494 e. The third-order valence-electron chi connectivity index (χ3n) is 4.73. The molecule has 0 radical (unpaired) electrons. The number of aliphatic imine (C=N–C) groups is 1. The molecule has 0 aliphatic rings. The quantitative estimate of drug-likeness (QED) is 0.298. The molecular formula is C26H22ClNO2. The van der Waals surface area contributed by atoms with Gasteiger partial charge in [-0.15, -0.1) is 0 Å². The summed E-state index contributed by atoms with van der Waals surface area (Å²) in [5.41, 5.74) is 2.89. The Morgan fingerprint density at radius 3 is 2.47 bits per heavy atom. The highest BCUT2D eigenvalue weighted by Gasteiger charge is 2.05. The molecule has 0 heterocycles. The average Bonchev–Trinajstić information content (AvgIpc) is 2.78. The highest BCUT2D eigenvalue weighted by Crippen LogP contribution is 2.27. The fourth-order valence-corrected chi connectivity index (χ4v) is 3.48. The van der Waals surface area contributed by atoms with Gasteiger partial charge in [0.1, 0.15) is 18.1 Å². The maximum atomic E-state index is 6.45. The van der Waals surface area contributed by atoms with Crippen molar-refractivity contribution in [3.05, 3.63) is 101 Å². The van der Waals surface area contributed by atoms with Crippen LogP contribution < -0.4 is 9.47 Å². The molecule has 4 rings (SSSR count). The molecular weight excluding hydrogens is 394 g/mol. The van der Waals surface area contributed by atoms with Crippen LogP contribution in [0, 0.1) is 0 Å². The lowest BCUT2D eigenvalue weighted by Crippen LogP contribution is -1.97. The molecule has 0 aliphatic carbocycles. The summed E-state index contributed by atoms with van der Waals surface area (Å²) in [6, 6.07) is 27.9. The van der Waals surface area contributed by atoms with Crippen LogP contribution in [0.15, 0.2) is 89.9 Å². The Labute approximate surface area is 181 Å². The van der Waals surface area contributed by atoms with Gasteiger partial charge >= 0.3 is 0 Å². The minimum Gasteiger partial charge on any atom is -0.494 e. The standard InChI is InChI=1S/C26H22ClNO2/c1-2-29-23-13-11-22(12-14-23)28-17-19-10-15-26(25(27)16-19)30-18-21-8-5-7-20-6-3-4-9-24(20)21/h3-17H,2,18H2,1H3. The predicted molar refractivity (Wildman–Crippen MR) is 125 cm³/mol. The first-order valence-corrected chi connectivity index (χ1v) is 10.3. The van der Waals surface area contributed by atoms with Crippen LogP contribution in [0.25, 0.3) is 10.8 Å². The van der Waals surface area contributed by atoms with E-state index in [0.29, 0.717) is 24.0 Å². The average molecular weight is 416 g/mol. The highest BCUT2D eigenvalue weighted by molar-refractivity contribution is 6.32. The third kappa shape index (κ3) is 4.81. The van der Waals surface area contributed by atoms with Crippen molar-refractivity contribution in [1.82, 2.24) is 0 Å². The van der Waals surface area contributed by atoms with Crippen molar-refractivity contribution in [3.8, 4) is 11.5 Å². The third-order valence-corrected chi connectivity index (χ3v) is 5.02. The summed E-state index contributed by atoms with van der Waals surface area (Å²) < 4.78 is 11.4. The Bertz CT molecular complexity index is 1160. The van der Waals surface area contributed by atoms with E-state index < -0.39 is 0 Å². The summed E-state index contributed by atoms with van der Waals surface area (Å²) in [6.07, 6.45) is 1.79. The molecule has 0 amide bonds. The van der Waals surface area contributed by atoms with Crippen molar-refractivity contribution >= 4 is 34.3 Å². The van der Waals surface area contributed by atoms with Gasteiger partial charge < -0.3 is 9.47 Å². The second-order valence-corrected chi connectivity index (χ2v) is 7.21. The van der Waals surface area contributed by atoms with Gasteiger partial charge in [-0.1, -0.05) is 54.1 Å². The van der Waals surface area contributed by atoms with Crippen LogP contribution in [0.3, 0.4) is 0 Å². The number of benzene rings is 4. The Hall–Kier alpha value is -3.30. The summed E-state index contributed by atoms with van der Waals surface area (Å²) in [7, 11) is 0. The van der Waals surface area contributed by atoms with Crippen molar-refractivity contribution in [2.75, 3.05) is 6.61 Å². The Kier molecular flexibility index (Phi) is 6.31. The van der Waals surface area contributed by atoms with Crippen LogP contribution in [0.5, 0.6) is 11.5 Å². The lowest BCUT2D eigenvalue weighted by atomic mass is 10.1. The van der Waals surface area contributed by atoms with E-state index in [1.807, 2.05) is 67.6 Å². The summed E-state index contributed by atoms with van der Waals surface area (Å²) in [5, 5.41) is 2.95. The van der Waals surface area contributed by atoms with Gasteiger partial charge in [-0.2, -0.15) is 0 Å². The molecule has 3 nitrogen and oxygen atoms in total. The zero-order valence-electron chi connectivity index (χ0n) is 16.7. The number of rotatable bonds is 7. The van der Waals surface area contributed by atoms with Crippen LogP contribution >= 0.6 is 11.6 Å². The van der Waals surface area contributed by atoms with Crippen molar-refractivity contribution in [2.45, 2.75) is 13.5 Å². The molecule has 30 heavy (non-hydrogen) atoms. The van der Waals surface area contributed by atoms with Crippen molar-refractivity contribution < 1.29 is 9.47 Å². The number of halogens is 1. The number of hydrogen-bond donors (Lipinski definition) is 0. The van der Waals surface area contributed by atoms with E-state index in [1.165, 1.54) is 10.8 Å². The van der Waals surface area contributed by atoms with Gasteiger partial charge in [0.25, 0.3) is 0 Å². The lowest BCUT2D eigenvalue weighted by Gasteiger charge is -2.11. The number of nitrogens with zero attached hydrogens (tertiary/aromatic N) is 1. The molecule has 0 unspecified atom stereocenters. The number of fused-ring (bicyclic) bond motifs is 1. The zero-order valence-corrected chi connectivity index (χ0v) is 17.5. The van der Waals surface area contributed by atoms with Crippen LogP contribution in [0.4, 0.5) is 5.69 Å². The number of ether oxygens (including phenoxy) is 2. The second kappa shape index (κ2) is 9.47. The van der Waals surface area contributed by atoms with E-state index >= 15 is 0 Å². The molecule has 0 bridgehead atoms. The maximum Gasteiger partial charge on any atom is 0.138 e.